The van der Waals surface area contributed by atoms with Crippen LogP contribution in [0.3, 0.4) is 0 Å². The van der Waals surface area contributed by atoms with Crippen LogP contribution in [0.25, 0.3) is 0 Å². The molecule has 0 fully saturated rings. The number of aliphatic carboxylic acids is 1. The number of carboxylic acid groups (broad SMARTS) is 1. The predicted molar refractivity (Wildman–Crippen MR) is 50.4 cm³/mol. The fourth-order valence-corrected chi connectivity index (χ4v) is 0.896. The molecule has 0 atom stereocenters. The van der Waals surface area contributed by atoms with Gasteiger partial charge in [-0.25, -0.2) is 0 Å². The van der Waals surface area contributed by atoms with E-state index in [1.807, 2.05) is 30.3 Å². The molecule has 1 rings (SSSR count). The summed E-state index contributed by atoms with van der Waals surface area (Å²) >= 11 is 0. The summed E-state index contributed by atoms with van der Waals surface area (Å²) in [5.41, 5.74) is 1.08. The van der Waals surface area contributed by atoms with Gasteiger partial charge in [0.25, 0.3) is 0 Å². The number of hydrogen-bond acceptors (Lipinski definition) is 1. The molecule has 0 aromatic heterocycles. The minimum absolute atomic E-state index is 0. The molecular weight excluding hydrogens is 164 g/mol. The van der Waals surface area contributed by atoms with Crippen LogP contribution in [0, 0.1) is 0 Å². The molecule has 1 N–H and O–H groups in total. The molecule has 12 heavy (non-hydrogen) atoms. The second-order valence-electron chi connectivity index (χ2n) is 2.38. The van der Waals surface area contributed by atoms with Crippen molar-refractivity contribution in [3.8, 4) is 0 Å². The van der Waals surface area contributed by atoms with Gasteiger partial charge in [0, 0.05) is 6.42 Å². The smallest absolute Gasteiger partial charge is 1.00 e. The maximum absolute atomic E-state index is 10.2. The predicted octanol–water partition coefficient (Wildman–Crippen LogP) is 1.55. The molecule has 3 heteroatoms. The minimum atomic E-state index is -0.742. The summed E-state index contributed by atoms with van der Waals surface area (Å²) in [4.78, 5) is 10.2. The van der Waals surface area contributed by atoms with E-state index in [2.05, 4.69) is 0 Å². The van der Waals surface area contributed by atoms with Crippen molar-refractivity contribution < 1.29 is 12.8 Å². The molecule has 1 aromatic carbocycles. The van der Waals surface area contributed by atoms with Gasteiger partial charge in [0.05, 0.1) is 0 Å². The Bertz CT molecular complexity index is 242. The van der Waals surface area contributed by atoms with Gasteiger partial charge < -0.3 is 7.96 Å². The maximum Gasteiger partial charge on any atom is 2.00 e. The minimum Gasteiger partial charge on any atom is -1.00 e. The van der Waals surface area contributed by atoms with Gasteiger partial charge in [-0.15, -0.1) is 0 Å². The van der Waals surface area contributed by atoms with Crippen molar-refractivity contribution in [3.63, 3.8) is 0 Å². The van der Waals surface area contributed by atoms with E-state index in [0.717, 1.165) is 5.56 Å². The Morgan fingerprint density at radius 2 is 1.92 bits per heavy atom. The number of benzene rings is 1. The van der Waals surface area contributed by atoms with E-state index in [1.54, 1.807) is 0 Å². The first-order valence-corrected chi connectivity index (χ1v) is 3.55. The van der Waals surface area contributed by atoms with E-state index in [-0.39, 0.29) is 32.3 Å². The number of carboxylic acids is 1. The Hall–Kier alpha value is -0.544. The third kappa shape index (κ3) is 4.36. The Labute approximate surface area is 90.7 Å². The van der Waals surface area contributed by atoms with Crippen molar-refractivity contribution in [2.45, 2.75) is 12.8 Å². The Kier molecular flexibility index (Phi) is 5.75. The molecule has 0 aliphatic rings. The molecule has 0 aliphatic heterocycles. The molecule has 0 saturated carbocycles. The normalized spacial score (nSPS) is 8.67. The number of carbonyl (C=O) groups is 1. The topological polar surface area (TPSA) is 37.3 Å². The average Bonchev–Trinajstić information content (AvgIpc) is 2.03. The molecule has 0 aliphatic carbocycles. The molecule has 0 spiro atoms. The summed E-state index contributed by atoms with van der Waals surface area (Å²) in [6.45, 7) is 0. The SMILES string of the molecule is O=C(O)CCc1ccccc1.[H-].[H-].[Mg+2]. The van der Waals surface area contributed by atoms with Crippen molar-refractivity contribution in [3.05, 3.63) is 35.9 Å². The van der Waals surface area contributed by atoms with Gasteiger partial charge in [-0.1, -0.05) is 30.3 Å². The van der Waals surface area contributed by atoms with Crippen LogP contribution in [-0.2, 0) is 11.2 Å². The van der Waals surface area contributed by atoms with Crippen LogP contribution in [0.4, 0.5) is 0 Å². The van der Waals surface area contributed by atoms with Gasteiger partial charge >= 0.3 is 29.0 Å². The molecule has 0 radical (unpaired) electrons. The zero-order valence-electron chi connectivity index (χ0n) is 8.86. The van der Waals surface area contributed by atoms with E-state index >= 15 is 0 Å². The van der Waals surface area contributed by atoms with Crippen LogP contribution in [-0.4, -0.2) is 34.1 Å². The summed E-state index contributed by atoms with van der Waals surface area (Å²) in [7, 11) is 0. The van der Waals surface area contributed by atoms with Gasteiger partial charge in [-0.3, -0.25) is 4.79 Å². The van der Waals surface area contributed by atoms with Crippen molar-refractivity contribution in [2.24, 2.45) is 0 Å². The number of aryl methyl sites for hydroxylation is 1. The molecular formula is C9H12MgO2. The summed E-state index contributed by atoms with van der Waals surface area (Å²) in [6, 6.07) is 9.62. The van der Waals surface area contributed by atoms with Crippen LogP contribution in [0.5, 0.6) is 0 Å². The summed E-state index contributed by atoms with van der Waals surface area (Å²) in [5.74, 6) is -0.742. The van der Waals surface area contributed by atoms with Crippen LogP contribution in [0.15, 0.2) is 30.3 Å². The first-order chi connectivity index (χ1) is 5.29. The van der Waals surface area contributed by atoms with E-state index in [4.69, 9.17) is 5.11 Å². The molecule has 0 amide bonds. The Balaban J connectivity index is -0.000000403. The molecule has 2 nitrogen and oxygen atoms in total. The quantitative estimate of drug-likeness (QED) is 0.710. The molecule has 0 heterocycles. The van der Waals surface area contributed by atoms with E-state index in [9.17, 15) is 4.79 Å². The monoisotopic (exact) mass is 176 g/mol. The second kappa shape index (κ2) is 6.03. The zero-order valence-corrected chi connectivity index (χ0v) is 8.28. The third-order valence-electron chi connectivity index (χ3n) is 1.47. The van der Waals surface area contributed by atoms with Crippen molar-refractivity contribution in [1.82, 2.24) is 0 Å². The fourth-order valence-electron chi connectivity index (χ4n) is 0.896. The first kappa shape index (κ1) is 11.5. The van der Waals surface area contributed by atoms with Crippen molar-refractivity contribution >= 4 is 29.0 Å². The standard InChI is InChI=1S/C9H10O2.Mg.2H/c10-9(11)7-6-8-4-2-1-3-5-8;;;/h1-5H,6-7H2,(H,10,11);;;/q;+2;2*-1. The number of hydrogen-bond donors (Lipinski definition) is 1. The van der Waals surface area contributed by atoms with Gasteiger partial charge in [0.2, 0.25) is 0 Å². The third-order valence-corrected chi connectivity index (χ3v) is 1.47. The molecule has 62 valence electrons. The van der Waals surface area contributed by atoms with E-state index < -0.39 is 5.97 Å². The molecule has 0 unspecified atom stereocenters. The van der Waals surface area contributed by atoms with Gasteiger partial charge in [-0.05, 0) is 12.0 Å². The van der Waals surface area contributed by atoms with Crippen LogP contribution in [0.2, 0.25) is 0 Å². The molecule has 0 bridgehead atoms. The fraction of sp³-hybridized carbons (Fsp3) is 0.222. The van der Waals surface area contributed by atoms with Crippen LogP contribution in [0.1, 0.15) is 14.8 Å². The van der Waals surface area contributed by atoms with Gasteiger partial charge in [0.1, 0.15) is 0 Å². The second-order valence-corrected chi connectivity index (χ2v) is 2.38. The molecule has 1 aromatic rings. The summed E-state index contributed by atoms with van der Waals surface area (Å²) in [6.07, 6.45) is 0.834. The average molecular weight is 176 g/mol. The Morgan fingerprint density at radius 3 is 2.42 bits per heavy atom. The summed E-state index contributed by atoms with van der Waals surface area (Å²) < 4.78 is 0. The van der Waals surface area contributed by atoms with E-state index in [0.29, 0.717) is 6.42 Å². The molecule has 0 saturated heterocycles. The van der Waals surface area contributed by atoms with Gasteiger partial charge in [-0.2, -0.15) is 0 Å². The Morgan fingerprint density at radius 1 is 1.33 bits per heavy atom. The van der Waals surface area contributed by atoms with E-state index in [1.165, 1.54) is 0 Å². The summed E-state index contributed by atoms with van der Waals surface area (Å²) in [5, 5.41) is 8.37. The van der Waals surface area contributed by atoms with Crippen LogP contribution >= 0.6 is 0 Å². The van der Waals surface area contributed by atoms with Crippen LogP contribution < -0.4 is 0 Å². The van der Waals surface area contributed by atoms with Gasteiger partial charge in [0.15, 0.2) is 0 Å². The van der Waals surface area contributed by atoms with Crippen molar-refractivity contribution in [2.75, 3.05) is 0 Å². The number of rotatable bonds is 3. The zero-order chi connectivity index (χ0) is 8.10. The maximum atomic E-state index is 10.2. The first-order valence-electron chi connectivity index (χ1n) is 3.55. The van der Waals surface area contributed by atoms with Crippen molar-refractivity contribution in [1.29, 1.82) is 0 Å². The largest absolute Gasteiger partial charge is 2.00 e.